The van der Waals surface area contributed by atoms with Crippen LogP contribution in [-0.2, 0) is 11.8 Å². The van der Waals surface area contributed by atoms with Crippen LogP contribution in [0.2, 0.25) is 0 Å². The first-order valence-electron chi connectivity index (χ1n) is 4.63. The fraction of sp³-hybridized carbons (Fsp3) is 0.667. The Kier molecular flexibility index (Phi) is 4.32. The Bertz CT molecular complexity index is 235. The largest absolute Gasteiger partial charge is 0.382 e. The molecule has 0 aliphatic carbocycles. The lowest BCUT2D eigenvalue weighted by Gasteiger charge is -2.02. The van der Waals surface area contributed by atoms with Crippen molar-refractivity contribution in [2.24, 2.45) is 7.05 Å². The van der Waals surface area contributed by atoms with E-state index in [1.54, 1.807) is 4.68 Å². The first kappa shape index (κ1) is 10.1. The van der Waals surface area contributed by atoms with Gasteiger partial charge < -0.3 is 10.1 Å². The van der Waals surface area contributed by atoms with E-state index in [-0.39, 0.29) is 0 Å². The summed E-state index contributed by atoms with van der Waals surface area (Å²) in [6, 6.07) is 0. The average molecular weight is 183 g/mol. The van der Waals surface area contributed by atoms with Crippen molar-refractivity contribution in [3.63, 3.8) is 0 Å². The predicted molar refractivity (Wildman–Crippen MR) is 52.8 cm³/mol. The molecule has 74 valence electrons. The molecule has 1 rings (SSSR count). The van der Waals surface area contributed by atoms with Gasteiger partial charge in [0.15, 0.2) is 0 Å². The molecule has 0 atom stereocenters. The maximum Gasteiger partial charge on any atom is 0.0726 e. The first-order valence-corrected chi connectivity index (χ1v) is 4.63. The van der Waals surface area contributed by atoms with Gasteiger partial charge in [0, 0.05) is 33.0 Å². The van der Waals surface area contributed by atoms with Crippen LogP contribution in [0.25, 0.3) is 0 Å². The second kappa shape index (κ2) is 5.59. The monoisotopic (exact) mass is 183 g/mol. The van der Waals surface area contributed by atoms with Gasteiger partial charge >= 0.3 is 0 Å². The minimum absolute atomic E-state index is 0.799. The lowest BCUT2D eigenvalue weighted by Crippen LogP contribution is -2.04. The molecule has 1 aromatic heterocycles. The maximum atomic E-state index is 5.22. The molecule has 0 bridgehead atoms. The predicted octanol–water partition coefficient (Wildman–Crippen LogP) is 1.26. The summed E-state index contributed by atoms with van der Waals surface area (Å²) in [5.41, 5.74) is 1.07. The van der Waals surface area contributed by atoms with E-state index in [9.17, 15) is 0 Å². The van der Waals surface area contributed by atoms with Crippen LogP contribution in [0.1, 0.15) is 13.3 Å². The molecule has 1 N–H and O–H groups in total. The number of hydrogen-bond donors (Lipinski definition) is 1. The number of aromatic nitrogens is 2. The molecule has 0 aliphatic rings. The summed E-state index contributed by atoms with van der Waals surface area (Å²) in [6.07, 6.45) is 4.81. The molecule has 0 saturated heterocycles. The molecular formula is C9H17N3O. The molecule has 0 unspecified atom stereocenters. The van der Waals surface area contributed by atoms with Gasteiger partial charge in [-0.3, -0.25) is 4.68 Å². The number of nitrogens with one attached hydrogen (secondary N) is 1. The van der Waals surface area contributed by atoms with Gasteiger partial charge in [0.25, 0.3) is 0 Å². The molecule has 0 spiro atoms. The van der Waals surface area contributed by atoms with Gasteiger partial charge in [-0.05, 0) is 13.3 Å². The molecule has 0 saturated carbocycles. The second-order valence-electron chi connectivity index (χ2n) is 2.88. The van der Waals surface area contributed by atoms with Crippen LogP contribution in [0, 0.1) is 0 Å². The molecule has 1 aromatic rings. The Balaban J connectivity index is 2.06. The Labute approximate surface area is 78.9 Å². The molecule has 4 nitrogen and oxygen atoms in total. The summed E-state index contributed by atoms with van der Waals surface area (Å²) in [7, 11) is 1.91. The highest BCUT2D eigenvalue weighted by atomic mass is 16.5. The van der Waals surface area contributed by atoms with E-state index in [1.165, 1.54) is 0 Å². The summed E-state index contributed by atoms with van der Waals surface area (Å²) in [5.74, 6) is 0. The van der Waals surface area contributed by atoms with Crippen LogP contribution < -0.4 is 5.32 Å². The van der Waals surface area contributed by atoms with Crippen molar-refractivity contribution in [3.05, 3.63) is 12.4 Å². The third kappa shape index (κ3) is 3.94. The van der Waals surface area contributed by atoms with Gasteiger partial charge in [-0.15, -0.1) is 0 Å². The number of aryl methyl sites for hydroxylation is 1. The van der Waals surface area contributed by atoms with E-state index in [1.807, 2.05) is 26.4 Å². The summed E-state index contributed by atoms with van der Waals surface area (Å²) < 4.78 is 7.00. The highest BCUT2D eigenvalue weighted by molar-refractivity contribution is 5.37. The minimum Gasteiger partial charge on any atom is -0.382 e. The van der Waals surface area contributed by atoms with E-state index in [0.29, 0.717) is 0 Å². The standard InChI is InChI=1S/C9H17N3O/c1-3-13-6-4-5-10-9-7-11-12(2)8-9/h7-8,10H,3-6H2,1-2H3. The zero-order valence-corrected chi connectivity index (χ0v) is 8.29. The van der Waals surface area contributed by atoms with Crippen molar-refractivity contribution in [2.45, 2.75) is 13.3 Å². The van der Waals surface area contributed by atoms with Gasteiger partial charge in [0.1, 0.15) is 0 Å². The highest BCUT2D eigenvalue weighted by Gasteiger charge is 1.93. The molecule has 0 radical (unpaired) electrons. The van der Waals surface area contributed by atoms with Crippen molar-refractivity contribution in [1.29, 1.82) is 0 Å². The molecule has 1 heterocycles. The SMILES string of the molecule is CCOCCCNc1cnn(C)c1. The van der Waals surface area contributed by atoms with Gasteiger partial charge in [0.2, 0.25) is 0 Å². The normalized spacial score (nSPS) is 10.3. The van der Waals surface area contributed by atoms with Crippen LogP contribution in [0.4, 0.5) is 5.69 Å². The topological polar surface area (TPSA) is 39.1 Å². The Hall–Kier alpha value is -1.03. The van der Waals surface area contributed by atoms with E-state index in [2.05, 4.69) is 10.4 Å². The maximum absolute atomic E-state index is 5.22. The molecule has 0 amide bonds. The average Bonchev–Trinajstić information content (AvgIpc) is 2.51. The lowest BCUT2D eigenvalue weighted by atomic mass is 10.4. The second-order valence-corrected chi connectivity index (χ2v) is 2.88. The van der Waals surface area contributed by atoms with Crippen LogP contribution in [-0.4, -0.2) is 29.5 Å². The summed E-state index contributed by atoms with van der Waals surface area (Å²) in [5, 5.41) is 7.32. The highest BCUT2D eigenvalue weighted by Crippen LogP contribution is 2.02. The van der Waals surface area contributed by atoms with Crippen molar-refractivity contribution in [2.75, 3.05) is 25.1 Å². The van der Waals surface area contributed by atoms with E-state index in [4.69, 9.17) is 4.74 Å². The number of anilines is 1. The molecule has 0 aromatic carbocycles. The third-order valence-electron chi connectivity index (χ3n) is 1.70. The number of hydrogen-bond acceptors (Lipinski definition) is 3. The molecule has 13 heavy (non-hydrogen) atoms. The van der Waals surface area contributed by atoms with Crippen molar-refractivity contribution < 1.29 is 4.74 Å². The third-order valence-corrected chi connectivity index (χ3v) is 1.70. The Morgan fingerprint density at radius 1 is 1.62 bits per heavy atom. The fourth-order valence-electron chi connectivity index (χ4n) is 1.06. The van der Waals surface area contributed by atoms with Gasteiger partial charge in [-0.1, -0.05) is 0 Å². The smallest absolute Gasteiger partial charge is 0.0726 e. The van der Waals surface area contributed by atoms with E-state index < -0.39 is 0 Å². The lowest BCUT2D eigenvalue weighted by molar-refractivity contribution is 0.147. The minimum atomic E-state index is 0.799. The van der Waals surface area contributed by atoms with E-state index >= 15 is 0 Å². The number of ether oxygens (including phenoxy) is 1. The first-order chi connectivity index (χ1) is 6.33. The summed E-state index contributed by atoms with van der Waals surface area (Å²) in [6.45, 7) is 4.57. The van der Waals surface area contributed by atoms with Gasteiger partial charge in [0.05, 0.1) is 11.9 Å². The van der Waals surface area contributed by atoms with Crippen LogP contribution in [0.5, 0.6) is 0 Å². The Morgan fingerprint density at radius 3 is 3.08 bits per heavy atom. The molecular weight excluding hydrogens is 166 g/mol. The van der Waals surface area contributed by atoms with Crippen LogP contribution in [0.3, 0.4) is 0 Å². The zero-order chi connectivity index (χ0) is 9.52. The molecule has 0 aliphatic heterocycles. The van der Waals surface area contributed by atoms with Crippen molar-refractivity contribution in [1.82, 2.24) is 9.78 Å². The van der Waals surface area contributed by atoms with Gasteiger partial charge in [-0.2, -0.15) is 5.10 Å². The molecule has 4 heteroatoms. The van der Waals surface area contributed by atoms with Crippen molar-refractivity contribution >= 4 is 5.69 Å². The van der Waals surface area contributed by atoms with Crippen LogP contribution >= 0.6 is 0 Å². The Morgan fingerprint density at radius 2 is 2.46 bits per heavy atom. The fourth-order valence-corrected chi connectivity index (χ4v) is 1.06. The zero-order valence-electron chi connectivity index (χ0n) is 8.29. The summed E-state index contributed by atoms with van der Waals surface area (Å²) >= 11 is 0. The summed E-state index contributed by atoms with van der Waals surface area (Å²) in [4.78, 5) is 0. The van der Waals surface area contributed by atoms with E-state index in [0.717, 1.165) is 31.9 Å². The van der Waals surface area contributed by atoms with Crippen molar-refractivity contribution in [3.8, 4) is 0 Å². The van der Waals surface area contributed by atoms with Gasteiger partial charge in [-0.25, -0.2) is 0 Å². The van der Waals surface area contributed by atoms with Crippen LogP contribution in [0.15, 0.2) is 12.4 Å². The number of rotatable bonds is 6. The number of nitrogens with zero attached hydrogens (tertiary/aromatic N) is 2. The quantitative estimate of drug-likeness (QED) is 0.675. The molecule has 0 fully saturated rings.